The van der Waals surface area contributed by atoms with Gasteiger partial charge in [-0.1, -0.05) is 37.0 Å². The topological polar surface area (TPSA) is 17.8 Å². The molecular weight excluding hydrogens is 252 g/mol. The minimum Gasteiger partial charge on any atom is -0.298 e. The van der Waals surface area contributed by atoms with Crippen LogP contribution in [-0.4, -0.2) is 14.7 Å². The van der Waals surface area contributed by atoms with Gasteiger partial charge in [-0.15, -0.1) is 0 Å². The smallest absolute Gasteiger partial charge is 0.0321 e. The molecule has 0 saturated carbocycles. The van der Waals surface area contributed by atoms with Crippen molar-refractivity contribution in [2.24, 2.45) is 0 Å². The van der Waals surface area contributed by atoms with Crippen LogP contribution >= 0.6 is 11.9 Å². The predicted octanol–water partition coefficient (Wildman–Crippen LogP) is 4.34. The molecule has 19 heavy (non-hydrogen) atoms. The summed E-state index contributed by atoms with van der Waals surface area (Å²) < 4.78 is 2.12. The van der Waals surface area contributed by atoms with Crippen molar-refractivity contribution in [2.45, 2.75) is 0 Å². The molecule has 0 aliphatic rings. The van der Waals surface area contributed by atoms with E-state index in [1.54, 1.807) is 18.0 Å². The van der Waals surface area contributed by atoms with Gasteiger partial charge in [-0.3, -0.25) is 8.96 Å². The van der Waals surface area contributed by atoms with Gasteiger partial charge in [0.25, 0.3) is 0 Å². The summed E-state index contributed by atoms with van der Waals surface area (Å²) in [7, 11) is 0. The molecular formula is C16H16N2S. The summed E-state index contributed by atoms with van der Waals surface area (Å²) >= 11 is 1.75. The van der Waals surface area contributed by atoms with Crippen molar-refractivity contribution in [3.63, 3.8) is 0 Å². The number of pyridine rings is 1. The molecule has 0 aliphatic carbocycles. The number of allylic oxidation sites excluding steroid dienone is 4. The zero-order chi connectivity index (χ0) is 13.3. The molecule has 0 spiro atoms. The summed E-state index contributed by atoms with van der Waals surface area (Å²) in [5.74, 6) is 0.936. The van der Waals surface area contributed by atoms with Gasteiger partial charge in [-0.25, -0.2) is 0 Å². The molecule has 0 aromatic carbocycles. The SMILES string of the molecule is C=C/C=C\C=C\CSn1ccc(-c2ccncc2)c1. The first-order chi connectivity index (χ1) is 9.40. The highest BCUT2D eigenvalue weighted by atomic mass is 32.2. The van der Waals surface area contributed by atoms with Gasteiger partial charge in [0.15, 0.2) is 0 Å². The van der Waals surface area contributed by atoms with Crippen molar-refractivity contribution in [3.8, 4) is 11.1 Å². The fourth-order valence-electron chi connectivity index (χ4n) is 1.58. The van der Waals surface area contributed by atoms with E-state index in [9.17, 15) is 0 Å². The highest BCUT2D eigenvalue weighted by molar-refractivity contribution is 7.97. The van der Waals surface area contributed by atoms with Crippen LogP contribution in [0.15, 0.2) is 79.9 Å². The lowest BCUT2D eigenvalue weighted by molar-refractivity contribution is 1.28. The molecule has 0 atom stereocenters. The average molecular weight is 268 g/mol. The van der Waals surface area contributed by atoms with E-state index in [4.69, 9.17) is 0 Å². The second-order valence-corrected chi connectivity index (χ2v) is 4.85. The zero-order valence-corrected chi connectivity index (χ0v) is 11.5. The van der Waals surface area contributed by atoms with Crippen molar-refractivity contribution in [3.05, 3.63) is 79.9 Å². The lowest BCUT2D eigenvalue weighted by Crippen LogP contribution is -1.82. The average Bonchev–Trinajstić information content (AvgIpc) is 2.92. The van der Waals surface area contributed by atoms with Gasteiger partial charge in [0.05, 0.1) is 0 Å². The first kappa shape index (κ1) is 13.4. The largest absolute Gasteiger partial charge is 0.298 e. The van der Waals surface area contributed by atoms with Crippen molar-refractivity contribution < 1.29 is 0 Å². The molecule has 0 unspecified atom stereocenters. The van der Waals surface area contributed by atoms with Gasteiger partial charge < -0.3 is 0 Å². The fourth-order valence-corrected chi connectivity index (χ4v) is 2.28. The standard InChI is InChI=1S/C16H16N2S/c1-2-3-4-5-6-13-19-18-12-9-16(14-18)15-7-10-17-11-8-15/h2-12,14H,1,13H2/b4-3-,6-5+. The van der Waals surface area contributed by atoms with E-state index in [0.717, 1.165) is 5.75 Å². The molecule has 2 nitrogen and oxygen atoms in total. The van der Waals surface area contributed by atoms with Crippen LogP contribution in [-0.2, 0) is 0 Å². The minimum absolute atomic E-state index is 0.936. The first-order valence-electron chi connectivity index (χ1n) is 6.06. The Morgan fingerprint density at radius 1 is 1.11 bits per heavy atom. The number of hydrogen-bond acceptors (Lipinski definition) is 2. The molecule has 0 amide bonds. The second kappa shape index (κ2) is 7.44. The van der Waals surface area contributed by atoms with Gasteiger partial charge in [-0.2, -0.15) is 0 Å². The molecule has 2 heterocycles. The maximum absolute atomic E-state index is 4.03. The van der Waals surface area contributed by atoms with Gasteiger partial charge >= 0.3 is 0 Å². The maximum Gasteiger partial charge on any atom is 0.0321 e. The molecule has 3 heteroatoms. The molecule has 0 saturated heterocycles. The summed E-state index contributed by atoms with van der Waals surface area (Å²) in [5.41, 5.74) is 2.41. The van der Waals surface area contributed by atoms with Gasteiger partial charge in [0.1, 0.15) is 0 Å². The molecule has 2 aromatic heterocycles. The Morgan fingerprint density at radius 3 is 2.74 bits per heavy atom. The van der Waals surface area contributed by atoms with E-state index in [1.165, 1.54) is 11.1 Å². The van der Waals surface area contributed by atoms with Crippen molar-refractivity contribution in [1.29, 1.82) is 0 Å². The van der Waals surface area contributed by atoms with Crippen LogP contribution in [0.1, 0.15) is 0 Å². The van der Waals surface area contributed by atoms with Crippen LogP contribution in [0.3, 0.4) is 0 Å². The number of nitrogens with zero attached hydrogens (tertiary/aromatic N) is 2. The predicted molar refractivity (Wildman–Crippen MR) is 84.0 cm³/mol. The number of hydrogen-bond donors (Lipinski definition) is 0. The highest BCUT2D eigenvalue weighted by Crippen LogP contribution is 2.21. The van der Waals surface area contributed by atoms with Crippen LogP contribution in [0.25, 0.3) is 11.1 Å². The lowest BCUT2D eigenvalue weighted by Gasteiger charge is -1.98. The van der Waals surface area contributed by atoms with Crippen molar-refractivity contribution in [1.82, 2.24) is 8.96 Å². The quantitative estimate of drug-likeness (QED) is 0.725. The van der Waals surface area contributed by atoms with Crippen LogP contribution in [0.2, 0.25) is 0 Å². The summed E-state index contributed by atoms with van der Waals surface area (Å²) in [4.78, 5) is 4.03. The van der Waals surface area contributed by atoms with Crippen LogP contribution in [0.4, 0.5) is 0 Å². The number of rotatable bonds is 6. The molecule has 0 aliphatic heterocycles. The van der Waals surface area contributed by atoms with Gasteiger partial charge in [-0.05, 0) is 35.7 Å². The van der Waals surface area contributed by atoms with Crippen molar-refractivity contribution >= 4 is 11.9 Å². The Hall–Kier alpha value is -2.00. The molecule has 0 N–H and O–H groups in total. The van der Waals surface area contributed by atoms with E-state index in [-0.39, 0.29) is 0 Å². The molecule has 2 aromatic rings. The second-order valence-electron chi connectivity index (χ2n) is 3.84. The molecule has 0 bridgehead atoms. The third-order valence-electron chi connectivity index (χ3n) is 2.50. The molecule has 2 rings (SSSR count). The Kier molecular flexibility index (Phi) is 5.26. The van der Waals surface area contributed by atoms with E-state index < -0.39 is 0 Å². The van der Waals surface area contributed by atoms with Gasteiger partial charge in [0, 0.05) is 36.1 Å². The minimum atomic E-state index is 0.936. The third kappa shape index (κ3) is 4.30. The monoisotopic (exact) mass is 268 g/mol. The Morgan fingerprint density at radius 2 is 1.95 bits per heavy atom. The van der Waals surface area contributed by atoms with Crippen molar-refractivity contribution in [2.75, 3.05) is 5.75 Å². The van der Waals surface area contributed by atoms with E-state index >= 15 is 0 Å². The summed E-state index contributed by atoms with van der Waals surface area (Å²) in [6.45, 7) is 3.62. The number of aromatic nitrogens is 2. The van der Waals surface area contributed by atoms with Crippen LogP contribution in [0, 0.1) is 0 Å². The molecule has 96 valence electrons. The Bertz CT molecular complexity index is 567. The Labute approximate surface area is 118 Å². The third-order valence-corrected chi connectivity index (χ3v) is 3.36. The summed E-state index contributed by atoms with van der Waals surface area (Å²) in [6.07, 6.45) is 17.7. The normalized spacial score (nSPS) is 11.4. The van der Waals surface area contributed by atoms with E-state index in [2.05, 4.69) is 40.1 Å². The lowest BCUT2D eigenvalue weighted by atomic mass is 10.1. The van der Waals surface area contributed by atoms with E-state index in [0.29, 0.717) is 0 Å². The first-order valence-corrected chi connectivity index (χ1v) is 7.00. The molecule has 0 fully saturated rings. The highest BCUT2D eigenvalue weighted by Gasteiger charge is 1.99. The van der Waals surface area contributed by atoms with Crippen LogP contribution in [0.5, 0.6) is 0 Å². The molecule has 0 radical (unpaired) electrons. The summed E-state index contributed by atoms with van der Waals surface area (Å²) in [5, 5.41) is 0. The summed E-state index contributed by atoms with van der Waals surface area (Å²) in [6, 6.07) is 6.15. The van der Waals surface area contributed by atoms with Gasteiger partial charge in [0.2, 0.25) is 0 Å². The van der Waals surface area contributed by atoms with Crippen LogP contribution < -0.4 is 0 Å². The fraction of sp³-hybridized carbons (Fsp3) is 0.0625. The Balaban J connectivity index is 1.90. The van der Waals surface area contributed by atoms with E-state index in [1.807, 2.05) is 42.8 Å². The zero-order valence-electron chi connectivity index (χ0n) is 10.6. The maximum atomic E-state index is 4.03.